The number of Topliss-reactive ketones (excluding diaryl/α,β-unsaturated/α-hetero) is 1. The molecule has 0 fully saturated rings. The van der Waals surface area contributed by atoms with Gasteiger partial charge in [0.25, 0.3) is 5.56 Å². The lowest BCUT2D eigenvalue weighted by molar-refractivity contribution is -0.123. The third-order valence-corrected chi connectivity index (χ3v) is 1.55. The monoisotopic (exact) mass is 181 g/mol. The molecule has 1 heterocycles. The molecule has 4 nitrogen and oxygen atoms in total. The van der Waals surface area contributed by atoms with E-state index in [1.807, 2.05) is 0 Å². The lowest BCUT2D eigenvalue weighted by atomic mass is 10.4. The zero-order valence-electron chi connectivity index (χ0n) is 7.40. The van der Waals surface area contributed by atoms with Crippen LogP contribution in [0.1, 0.15) is 0 Å². The second-order valence-corrected chi connectivity index (χ2v) is 2.64. The molecule has 0 aliphatic heterocycles. The number of ketones is 1. The highest BCUT2D eigenvalue weighted by Crippen LogP contribution is 1.84. The van der Waals surface area contributed by atoms with Gasteiger partial charge in [0, 0.05) is 19.4 Å². The average Bonchev–Trinajstić information content (AvgIpc) is 2.09. The van der Waals surface area contributed by atoms with Gasteiger partial charge in [-0.25, -0.2) is 0 Å². The molecule has 1 aromatic rings. The van der Waals surface area contributed by atoms with Gasteiger partial charge >= 0.3 is 0 Å². The minimum Gasteiger partial charge on any atom is -0.377 e. The third kappa shape index (κ3) is 2.83. The number of carbonyl (C=O) groups excluding carboxylic acids is 1. The molecule has 0 aromatic carbocycles. The number of pyridine rings is 1. The summed E-state index contributed by atoms with van der Waals surface area (Å²) < 4.78 is 6.00. The van der Waals surface area contributed by atoms with Crippen LogP contribution in [0.15, 0.2) is 29.2 Å². The van der Waals surface area contributed by atoms with Crippen molar-refractivity contribution in [2.75, 3.05) is 13.7 Å². The largest absolute Gasteiger partial charge is 0.377 e. The smallest absolute Gasteiger partial charge is 0.250 e. The van der Waals surface area contributed by atoms with E-state index in [2.05, 4.69) is 4.74 Å². The van der Waals surface area contributed by atoms with Crippen LogP contribution >= 0.6 is 0 Å². The van der Waals surface area contributed by atoms with Gasteiger partial charge in [-0.3, -0.25) is 9.59 Å². The molecule has 0 bridgehead atoms. The van der Waals surface area contributed by atoms with Crippen molar-refractivity contribution in [1.29, 1.82) is 0 Å². The Balaban J connectivity index is 2.69. The van der Waals surface area contributed by atoms with Gasteiger partial charge in [-0.15, -0.1) is 0 Å². The van der Waals surface area contributed by atoms with E-state index in [-0.39, 0.29) is 24.5 Å². The molecule has 13 heavy (non-hydrogen) atoms. The lowest BCUT2D eigenvalue weighted by Crippen LogP contribution is -2.24. The highest BCUT2D eigenvalue weighted by Gasteiger charge is 2.02. The van der Waals surface area contributed by atoms with Gasteiger partial charge in [0.2, 0.25) is 0 Å². The van der Waals surface area contributed by atoms with Gasteiger partial charge in [0.05, 0.1) is 6.54 Å². The molecular weight excluding hydrogens is 170 g/mol. The van der Waals surface area contributed by atoms with Crippen LogP contribution in [0.25, 0.3) is 0 Å². The number of hydrogen-bond acceptors (Lipinski definition) is 3. The number of carbonyl (C=O) groups is 1. The first-order valence-electron chi connectivity index (χ1n) is 3.90. The van der Waals surface area contributed by atoms with Crippen LogP contribution in [0.3, 0.4) is 0 Å². The van der Waals surface area contributed by atoms with Crippen molar-refractivity contribution in [3.8, 4) is 0 Å². The van der Waals surface area contributed by atoms with E-state index >= 15 is 0 Å². The van der Waals surface area contributed by atoms with Gasteiger partial charge in [-0.05, 0) is 6.07 Å². The Morgan fingerprint density at radius 2 is 2.31 bits per heavy atom. The van der Waals surface area contributed by atoms with Gasteiger partial charge in [0.15, 0.2) is 5.78 Å². The van der Waals surface area contributed by atoms with Gasteiger partial charge in [0.1, 0.15) is 6.61 Å². The molecular formula is C9H11NO3. The van der Waals surface area contributed by atoms with E-state index in [4.69, 9.17) is 0 Å². The first-order valence-corrected chi connectivity index (χ1v) is 3.90. The van der Waals surface area contributed by atoms with E-state index in [9.17, 15) is 9.59 Å². The Kier molecular flexibility index (Phi) is 3.40. The Morgan fingerprint density at radius 1 is 1.54 bits per heavy atom. The fraction of sp³-hybridized carbons (Fsp3) is 0.333. The van der Waals surface area contributed by atoms with Crippen LogP contribution in [0.2, 0.25) is 0 Å². The van der Waals surface area contributed by atoms with Crippen molar-refractivity contribution in [2.24, 2.45) is 0 Å². The fourth-order valence-corrected chi connectivity index (χ4v) is 0.988. The number of rotatable bonds is 4. The number of nitrogens with zero attached hydrogens (tertiary/aromatic N) is 1. The SMILES string of the molecule is COCC(=O)Cn1ccccc1=O. The van der Waals surface area contributed by atoms with E-state index in [1.54, 1.807) is 18.3 Å². The summed E-state index contributed by atoms with van der Waals surface area (Å²) in [5, 5.41) is 0. The summed E-state index contributed by atoms with van der Waals surface area (Å²) in [4.78, 5) is 22.2. The second kappa shape index (κ2) is 4.57. The van der Waals surface area contributed by atoms with Crippen LogP contribution < -0.4 is 5.56 Å². The minimum absolute atomic E-state index is 0.0430. The molecule has 0 saturated carbocycles. The molecule has 0 radical (unpaired) electrons. The molecule has 1 aromatic heterocycles. The zero-order valence-corrected chi connectivity index (χ0v) is 7.40. The van der Waals surface area contributed by atoms with Crippen LogP contribution in [0.4, 0.5) is 0 Å². The molecule has 0 aliphatic carbocycles. The van der Waals surface area contributed by atoms with E-state index < -0.39 is 0 Å². The third-order valence-electron chi connectivity index (χ3n) is 1.55. The zero-order chi connectivity index (χ0) is 9.68. The summed E-state index contributed by atoms with van der Waals surface area (Å²) in [6.45, 7) is 0.120. The van der Waals surface area contributed by atoms with Crippen molar-refractivity contribution in [1.82, 2.24) is 4.57 Å². The van der Waals surface area contributed by atoms with Gasteiger partial charge in [-0.1, -0.05) is 6.07 Å². The number of ether oxygens (including phenoxy) is 1. The van der Waals surface area contributed by atoms with Crippen LogP contribution in [0.5, 0.6) is 0 Å². The summed E-state index contributed by atoms with van der Waals surface area (Å²) in [5.41, 5.74) is -0.174. The fourth-order valence-electron chi connectivity index (χ4n) is 0.988. The Hall–Kier alpha value is -1.42. The predicted molar refractivity (Wildman–Crippen MR) is 47.6 cm³/mol. The summed E-state index contributed by atoms with van der Waals surface area (Å²) >= 11 is 0. The van der Waals surface area contributed by atoms with Gasteiger partial charge < -0.3 is 9.30 Å². The second-order valence-electron chi connectivity index (χ2n) is 2.64. The predicted octanol–water partition coefficient (Wildman–Crippen LogP) is 0.0638. The molecule has 0 amide bonds. The number of hydrogen-bond donors (Lipinski definition) is 0. The maximum atomic E-state index is 11.1. The molecule has 0 atom stereocenters. The Morgan fingerprint density at radius 3 is 2.92 bits per heavy atom. The first-order chi connectivity index (χ1) is 6.24. The lowest BCUT2D eigenvalue weighted by Gasteiger charge is -2.02. The van der Waals surface area contributed by atoms with Crippen molar-refractivity contribution in [3.05, 3.63) is 34.7 Å². The Bertz CT molecular complexity index is 343. The van der Waals surface area contributed by atoms with Crippen molar-refractivity contribution < 1.29 is 9.53 Å². The first kappa shape index (κ1) is 9.67. The van der Waals surface area contributed by atoms with Crippen LogP contribution in [-0.2, 0) is 16.1 Å². The van der Waals surface area contributed by atoms with Crippen molar-refractivity contribution in [3.63, 3.8) is 0 Å². The van der Waals surface area contributed by atoms with Crippen LogP contribution in [0, 0.1) is 0 Å². The van der Waals surface area contributed by atoms with E-state index in [0.717, 1.165) is 0 Å². The van der Waals surface area contributed by atoms with E-state index in [1.165, 1.54) is 17.7 Å². The normalized spacial score (nSPS) is 9.92. The molecule has 0 N–H and O–H groups in total. The molecule has 4 heteroatoms. The Labute approximate surface area is 75.8 Å². The average molecular weight is 181 g/mol. The summed E-state index contributed by atoms with van der Waals surface area (Å²) in [5.74, 6) is -0.115. The maximum Gasteiger partial charge on any atom is 0.250 e. The molecule has 70 valence electrons. The van der Waals surface area contributed by atoms with Gasteiger partial charge in [-0.2, -0.15) is 0 Å². The highest BCUT2D eigenvalue weighted by atomic mass is 16.5. The molecule has 0 spiro atoms. The molecule has 0 saturated heterocycles. The highest BCUT2D eigenvalue weighted by molar-refractivity contribution is 5.79. The molecule has 0 unspecified atom stereocenters. The minimum atomic E-state index is -0.174. The summed E-state index contributed by atoms with van der Waals surface area (Å²) in [6, 6.07) is 4.77. The number of methoxy groups -OCH3 is 1. The van der Waals surface area contributed by atoms with Crippen molar-refractivity contribution >= 4 is 5.78 Å². The number of aromatic nitrogens is 1. The molecule has 0 aliphatic rings. The summed E-state index contributed by atoms with van der Waals surface area (Å²) in [6.07, 6.45) is 1.58. The quantitative estimate of drug-likeness (QED) is 0.660. The van der Waals surface area contributed by atoms with E-state index in [0.29, 0.717) is 0 Å². The maximum absolute atomic E-state index is 11.1. The molecule has 1 rings (SSSR count). The van der Waals surface area contributed by atoms with Crippen LogP contribution in [-0.4, -0.2) is 24.1 Å². The van der Waals surface area contributed by atoms with Crippen molar-refractivity contribution in [2.45, 2.75) is 6.54 Å². The summed E-state index contributed by atoms with van der Waals surface area (Å²) in [7, 11) is 1.45. The topological polar surface area (TPSA) is 48.3 Å². The standard InChI is InChI=1S/C9H11NO3/c1-13-7-8(11)6-10-5-3-2-4-9(10)12/h2-5H,6-7H2,1H3.